The second-order valence-corrected chi connectivity index (χ2v) is 19.6. The molecule has 4 rings (SSSR count). The van der Waals surface area contributed by atoms with Crippen molar-refractivity contribution in [1.82, 2.24) is 30.7 Å². The zero-order valence-corrected chi connectivity index (χ0v) is 36.5. The minimum atomic E-state index is -1.33. The van der Waals surface area contributed by atoms with Crippen LogP contribution in [-0.4, -0.2) is 105 Å². The number of benzene rings is 1. The van der Waals surface area contributed by atoms with Crippen LogP contribution in [0.2, 0.25) is 0 Å². The van der Waals surface area contributed by atoms with Gasteiger partial charge in [-0.3, -0.25) is 33.8 Å². The van der Waals surface area contributed by atoms with Crippen LogP contribution < -0.4 is 21.7 Å². The van der Waals surface area contributed by atoms with Crippen molar-refractivity contribution in [1.29, 1.82) is 0 Å². The van der Waals surface area contributed by atoms with Crippen molar-refractivity contribution in [3.63, 3.8) is 0 Å². The smallest absolute Gasteiger partial charge is 0.305 e. The summed E-state index contributed by atoms with van der Waals surface area (Å²) >= 11 is 1.15. The lowest BCUT2D eigenvalue weighted by Crippen LogP contribution is -2.65. The molecule has 7 atom stereocenters. The maximum absolute atomic E-state index is 15.6. The van der Waals surface area contributed by atoms with E-state index in [2.05, 4.69) is 20.9 Å². The number of carboxylic acid groups (broad SMARTS) is 1. The van der Waals surface area contributed by atoms with E-state index in [1.807, 2.05) is 87.4 Å². The fourth-order valence-electron chi connectivity index (χ4n) is 7.88. The Balaban J connectivity index is 1.94. The number of aliphatic imine (C=N–C) groups is 1. The first kappa shape index (κ1) is 45.8. The topological polar surface area (TPSA) is 216 Å². The minimum absolute atomic E-state index is 0.127. The fraction of sp³-hybridized carbons (Fsp3) is 0.619. The predicted octanol–water partition coefficient (Wildman–Crippen LogP) is 3.86. The van der Waals surface area contributed by atoms with Crippen LogP contribution in [0.25, 0.3) is 0 Å². The quantitative estimate of drug-likeness (QED) is 0.222. The number of thiazole rings is 1. The molecule has 1 aromatic carbocycles. The Morgan fingerprint density at radius 2 is 1.67 bits per heavy atom. The number of nitrogens with two attached hydrogens (primary N) is 1. The van der Waals surface area contributed by atoms with Gasteiger partial charge in [0.25, 0.3) is 0 Å². The molecule has 0 radical (unpaired) electrons. The summed E-state index contributed by atoms with van der Waals surface area (Å²) < 4.78 is 0. The molecule has 2 aliphatic heterocycles. The highest BCUT2D eigenvalue weighted by atomic mass is 32.1. The van der Waals surface area contributed by atoms with Crippen LogP contribution >= 0.6 is 11.3 Å². The molecule has 58 heavy (non-hydrogen) atoms. The van der Waals surface area contributed by atoms with E-state index in [0.29, 0.717) is 23.5 Å². The first-order valence-corrected chi connectivity index (χ1v) is 20.7. The first-order valence-electron chi connectivity index (χ1n) is 19.9. The number of hydrogen-bond donors (Lipinski definition) is 5. The molecule has 5 amide bonds. The SMILES string of the molecule is CC(C)[C@@H]1NC(=O)[C@H]2N(CCC2(C)C)C(=O)CN=C(N[C@H](C(=O)N([C@H](CC(=O)O)c2nccs2)[C@H](C(N)=O)[C@@H](C)c2ccccc2)C(C)(C)C)[C@H](C(C)(C)C)NC1=O. The summed E-state index contributed by atoms with van der Waals surface area (Å²) in [6, 6.07) is 2.55. The zero-order valence-electron chi connectivity index (χ0n) is 35.7. The Morgan fingerprint density at radius 3 is 2.19 bits per heavy atom. The highest BCUT2D eigenvalue weighted by Gasteiger charge is 2.50. The van der Waals surface area contributed by atoms with Crippen LogP contribution in [0, 0.1) is 22.2 Å². The number of nitrogens with one attached hydrogen (secondary N) is 3. The summed E-state index contributed by atoms with van der Waals surface area (Å²) in [4.78, 5) is 96.1. The second kappa shape index (κ2) is 18.0. The van der Waals surface area contributed by atoms with Crippen molar-refractivity contribution in [3.8, 4) is 0 Å². The summed E-state index contributed by atoms with van der Waals surface area (Å²) in [5.74, 6) is -4.90. The van der Waals surface area contributed by atoms with E-state index < -0.39 is 107 Å². The van der Waals surface area contributed by atoms with Crippen LogP contribution in [0.4, 0.5) is 0 Å². The normalized spacial score (nSPS) is 22.6. The van der Waals surface area contributed by atoms with Gasteiger partial charge in [-0.15, -0.1) is 11.3 Å². The predicted molar refractivity (Wildman–Crippen MR) is 223 cm³/mol. The van der Waals surface area contributed by atoms with Crippen LogP contribution in [0.5, 0.6) is 0 Å². The molecule has 0 bridgehead atoms. The van der Waals surface area contributed by atoms with E-state index in [0.717, 1.165) is 11.3 Å². The van der Waals surface area contributed by atoms with Gasteiger partial charge in [-0.25, -0.2) is 4.98 Å². The van der Waals surface area contributed by atoms with Gasteiger partial charge in [0.1, 0.15) is 41.6 Å². The van der Waals surface area contributed by atoms with Crippen molar-refractivity contribution >= 4 is 52.7 Å². The Morgan fingerprint density at radius 1 is 1.03 bits per heavy atom. The van der Waals surface area contributed by atoms with E-state index in [-0.39, 0.29) is 11.8 Å². The highest BCUT2D eigenvalue weighted by Crippen LogP contribution is 2.38. The fourth-order valence-corrected chi connectivity index (χ4v) is 8.62. The minimum Gasteiger partial charge on any atom is -0.481 e. The van der Waals surface area contributed by atoms with Crippen LogP contribution in [0.1, 0.15) is 112 Å². The lowest BCUT2D eigenvalue weighted by molar-refractivity contribution is -0.150. The largest absolute Gasteiger partial charge is 0.481 e. The van der Waals surface area contributed by atoms with Gasteiger partial charge in [-0.05, 0) is 34.1 Å². The molecule has 15 nitrogen and oxygen atoms in total. The molecule has 16 heteroatoms. The molecule has 1 saturated heterocycles. The molecule has 318 valence electrons. The number of primary amides is 1. The van der Waals surface area contributed by atoms with Gasteiger partial charge in [0.2, 0.25) is 29.5 Å². The third-order valence-electron chi connectivity index (χ3n) is 11.2. The number of amidine groups is 1. The molecule has 0 unspecified atom stereocenters. The van der Waals surface area contributed by atoms with Crippen molar-refractivity contribution in [2.75, 3.05) is 13.1 Å². The molecular weight excluding hydrogens is 761 g/mol. The van der Waals surface area contributed by atoms with Crippen molar-refractivity contribution in [2.24, 2.45) is 32.9 Å². The number of nitrogens with zero attached hydrogens (tertiary/aromatic N) is 4. The zero-order chi connectivity index (χ0) is 43.5. The molecule has 0 saturated carbocycles. The number of aromatic nitrogens is 1. The highest BCUT2D eigenvalue weighted by molar-refractivity contribution is 7.09. The molecule has 6 N–H and O–H groups in total. The van der Waals surface area contributed by atoms with Gasteiger partial charge in [0, 0.05) is 24.0 Å². The van der Waals surface area contributed by atoms with Crippen LogP contribution in [-0.2, 0) is 28.8 Å². The van der Waals surface area contributed by atoms with Gasteiger partial charge >= 0.3 is 5.97 Å². The van der Waals surface area contributed by atoms with E-state index >= 15 is 4.79 Å². The van der Waals surface area contributed by atoms with E-state index in [1.165, 1.54) is 16.0 Å². The van der Waals surface area contributed by atoms with Gasteiger partial charge in [-0.2, -0.15) is 0 Å². The van der Waals surface area contributed by atoms with E-state index in [9.17, 15) is 29.1 Å². The van der Waals surface area contributed by atoms with E-state index in [1.54, 1.807) is 24.4 Å². The first-order chi connectivity index (χ1) is 26.9. The van der Waals surface area contributed by atoms with Gasteiger partial charge in [-0.1, -0.05) is 106 Å². The summed E-state index contributed by atoms with van der Waals surface area (Å²) in [7, 11) is 0. The number of aliphatic carboxylic acids is 1. The Bertz CT molecular complexity index is 1850. The third kappa shape index (κ3) is 10.4. The Kier molecular flexibility index (Phi) is 14.2. The summed E-state index contributed by atoms with van der Waals surface area (Å²) in [5.41, 5.74) is 4.58. The number of fused-ring (bicyclic) bond motifs is 1. The van der Waals surface area contributed by atoms with Crippen LogP contribution in [0.15, 0.2) is 46.9 Å². The average Bonchev–Trinajstić information content (AvgIpc) is 3.76. The standard InChI is InChI=1S/C42H62N8O7S/c1-23(2)29-36(55)48-31(40(4,5)6)35(45-22-27(51)49-19-17-42(10,11)33(49)37(56)46-29)47-32(41(7,8)9)39(57)50(26(21-28(52)53)38-44-18-20-58-38)30(34(43)54)24(3)25-15-13-12-14-16-25/h12-16,18,20,23-24,26,29-33H,17,19,21-22H2,1-11H3,(H2,43,54)(H,45,47)(H,46,56)(H,48,55)(H,52,53)/t24-,26+,29-,30-,31+,32+,33+/m0/s1. The number of carbonyl (C=O) groups is 6. The molecule has 3 heterocycles. The molecule has 1 aromatic heterocycles. The van der Waals surface area contributed by atoms with Crippen molar-refractivity contribution < 1.29 is 33.9 Å². The number of rotatable bonds is 11. The third-order valence-corrected chi connectivity index (χ3v) is 12.0. The monoisotopic (exact) mass is 822 g/mol. The van der Waals surface area contributed by atoms with Crippen LogP contribution in [0.3, 0.4) is 0 Å². The van der Waals surface area contributed by atoms with Gasteiger partial charge in [0.15, 0.2) is 0 Å². The maximum Gasteiger partial charge on any atom is 0.305 e. The number of amides is 5. The number of carbonyl (C=O) groups excluding carboxylic acids is 5. The Hall–Kier alpha value is -4.86. The molecular formula is C42H62N8O7S. The summed E-state index contributed by atoms with van der Waals surface area (Å²) in [6.07, 6.45) is 1.49. The second-order valence-electron chi connectivity index (χ2n) is 18.7. The number of hydrogen-bond acceptors (Lipinski definition) is 10. The van der Waals surface area contributed by atoms with Gasteiger partial charge < -0.3 is 36.6 Å². The van der Waals surface area contributed by atoms with Crippen molar-refractivity contribution in [2.45, 2.75) is 131 Å². The lowest BCUT2D eigenvalue weighted by Gasteiger charge is -2.44. The molecule has 2 aromatic rings. The Labute approximate surface area is 346 Å². The molecule has 0 spiro atoms. The maximum atomic E-state index is 15.6. The number of carboxylic acids is 1. The summed E-state index contributed by atoms with van der Waals surface area (Å²) in [6.45, 7) is 20.2. The van der Waals surface area contributed by atoms with E-state index in [4.69, 9.17) is 10.7 Å². The molecule has 1 fully saturated rings. The van der Waals surface area contributed by atoms with Crippen molar-refractivity contribution in [3.05, 3.63) is 52.5 Å². The van der Waals surface area contributed by atoms with Gasteiger partial charge in [0.05, 0.1) is 18.5 Å². The summed E-state index contributed by atoms with van der Waals surface area (Å²) in [5, 5.41) is 21.6. The average molecular weight is 823 g/mol. The molecule has 2 aliphatic rings. The molecule has 0 aliphatic carbocycles. The lowest BCUT2D eigenvalue weighted by atomic mass is 9.81.